The zero-order valence-electron chi connectivity index (χ0n) is 12.4. The maximum Gasteiger partial charge on any atom is 0.305 e. The number of rotatable bonds is 10. The number of nitrogens with one attached hydrogen (secondary N) is 1. The normalized spacial score (nSPS) is 11.9. The van der Waals surface area contributed by atoms with Gasteiger partial charge >= 0.3 is 5.97 Å². The smallest absolute Gasteiger partial charge is 0.305 e. The predicted molar refractivity (Wildman–Crippen MR) is 76.8 cm³/mol. The minimum Gasteiger partial charge on any atom is -0.481 e. The maximum atomic E-state index is 12.9. The van der Waals surface area contributed by atoms with Crippen LogP contribution in [0.25, 0.3) is 0 Å². The third kappa shape index (κ3) is 7.14. The first kappa shape index (κ1) is 18.1. The second kappa shape index (κ2) is 9.86. The zero-order valence-corrected chi connectivity index (χ0v) is 12.4. The Labute approximate surface area is 128 Å². The summed E-state index contributed by atoms with van der Waals surface area (Å²) < 4.78 is 23.1. The number of benzene rings is 1. The number of carboxylic acids is 1. The van der Waals surface area contributed by atoms with Gasteiger partial charge in [0, 0.05) is 6.61 Å². The molecule has 0 saturated heterocycles. The number of aliphatic carboxylic acids is 1. The van der Waals surface area contributed by atoms with Gasteiger partial charge in [0.2, 0.25) is 5.91 Å². The monoisotopic (exact) mass is 313 g/mol. The zero-order chi connectivity index (χ0) is 16.4. The molecule has 1 amide bonds. The van der Waals surface area contributed by atoms with Gasteiger partial charge < -0.3 is 19.9 Å². The van der Waals surface area contributed by atoms with Crippen LogP contribution in [0.1, 0.15) is 24.9 Å². The number of hydrogen-bond acceptors (Lipinski definition) is 4. The summed E-state index contributed by atoms with van der Waals surface area (Å²) in [4.78, 5) is 22.7. The fraction of sp³-hybridized carbons (Fsp3) is 0.467. The highest BCUT2D eigenvalue weighted by molar-refractivity contribution is 5.78. The molecule has 0 aliphatic carbocycles. The highest BCUT2D eigenvalue weighted by atomic mass is 19.1. The molecule has 0 bridgehead atoms. The quantitative estimate of drug-likeness (QED) is 0.640. The van der Waals surface area contributed by atoms with Crippen LogP contribution in [0.15, 0.2) is 24.3 Å². The summed E-state index contributed by atoms with van der Waals surface area (Å²) in [5.41, 5.74) is 0.520. The molecule has 0 aliphatic heterocycles. The van der Waals surface area contributed by atoms with Crippen LogP contribution in [0.4, 0.5) is 4.39 Å². The molecule has 2 N–H and O–H groups in total. The lowest BCUT2D eigenvalue weighted by Gasteiger charge is -2.17. The molecule has 0 radical (unpaired) electrons. The maximum absolute atomic E-state index is 12.9. The Balaban J connectivity index is 2.52. The molecule has 1 rings (SSSR count). The van der Waals surface area contributed by atoms with Crippen molar-refractivity contribution < 1.29 is 28.6 Å². The van der Waals surface area contributed by atoms with Crippen molar-refractivity contribution >= 4 is 11.9 Å². The van der Waals surface area contributed by atoms with Gasteiger partial charge in [-0.2, -0.15) is 0 Å². The highest BCUT2D eigenvalue weighted by Gasteiger charge is 2.18. The van der Waals surface area contributed by atoms with Gasteiger partial charge in [0.05, 0.1) is 25.7 Å². The van der Waals surface area contributed by atoms with Gasteiger partial charge in [-0.3, -0.25) is 9.59 Å². The Morgan fingerprint density at radius 3 is 2.45 bits per heavy atom. The van der Waals surface area contributed by atoms with Crippen molar-refractivity contribution in [1.29, 1.82) is 0 Å². The van der Waals surface area contributed by atoms with E-state index in [-0.39, 0.29) is 19.6 Å². The van der Waals surface area contributed by atoms with Gasteiger partial charge in [-0.15, -0.1) is 0 Å². The van der Waals surface area contributed by atoms with Crippen molar-refractivity contribution in [2.45, 2.75) is 19.4 Å². The van der Waals surface area contributed by atoms with Crippen LogP contribution < -0.4 is 5.32 Å². The van der Waals surface area contributed by atoms with Crippen LogP contribution in [-0.2, 0) is 19.1 Å². The van der Waals surface area contributed by atoms with Gasteiger partial charge in [-0.05, 0) is 24.6 Å². The predicted octanol–water partition coefficient (Wildman–Crippen LogP) is 1.51. The third-order valence-corrected chi connectivity index (χ3v) is 2.80. The molecular formula is C15H20FNO5. The van der Waals surface area contributed by atoms with Crippen molar-refractivity contribution in [3.05, 3.63) is 35.6 Å². The molecule has 0 saturated carbocycles. The summed E-state index contributed by atoms with van der Waals surface area (Å²) in [6, 6.07) is 4.59. The van der Waals surface area contributed by atoms with Gasteiger partial charge in [-0.1, -0.05) is 12.1 Å². The Hall–Kier alpha value is -1.99. The van der Waals surface area contributed by atoms with E-state index in [2.05, 4.69) is 5.32 Å². The highest BCUT2D eigenvalue weighted by Crippen LogP contribution is 2.17. The van der Waals surface area contributed by atoms with Crippen LogP contribution >= 0.6 is 0 Å². The van der Waals surface area contributed by atoms with Crippen LogP contribution in [0.5, 0.6) is 0 Å². The van der Waals surface area contributed by atoms with Gasteiger partial charge in [0.15, 0.2) is 0 Å². The summed E-state index contributed by atoms with van der Waals surface area (Å²) in [6.45, 7) is 2.90. The number of carbonyl (C=O) groups is 2. The summed E-state index contributed by atoms with van der Waals surface area (Å²) in [5, 5.41) is 11.5. The van der Waals surface area contributed by atoms with Crippen molar-refractivity contribution in [2.24, 2.45) is 0 Å². The molecule has 6 nitrogen and oxygen atoms in total. The molecule has 0 heterocycles. The van der Waals surface area contributed by atoms with Crippen molar-refractivity contribution in [2.75, 3.05) is 26.4 Å². The molecule has 1 unspecified atom stereocenters. The minimum absolute atomic E-state index is 0.190. The first-order valence-corrected chi connectivity index (χ1v) is 6.95. The number of carbonyl (C=O) groups excluding carboxylic acids is 1. The van der Waals surface area contributed by atoms with E-state index in [1.807, 2.05) is 6.92 Å². The molecule has 0 aliphatic rings. The Bertz CT molecular complexity index is 477. The third-order valence-electron chi connectivity index (χ3n) is 2.80. The fourth-order valence-corrected chi connectivity index (χ4v) is 1.78. The van der Waals surface area contributed by atoms with Gasteiger partial charge in [0.1, 0.15) is 12.4 Å². The lowest BCUT2D eigenvalue weighted by Crippen LogP contribution is -2.33. The topological polar surface area (TPSA) is 84.9 Å². The summed E-state index contributed by atoms with van der Waals surface area (Å²) in [6.07, 6.45) is -0.295. The summed E-state index contributed by atoms with van der Waals surface area (Å²) in [7, 11) is 0. The largest absolute Gasteiger partial charge is 0.481 e. The van der Waals surface area contributed by atoms with E-state index in [0.717, 1.165) is 0 Å². The average Bonchev–Trinajstić information content (AvgIpc) is 2.46. The van der Waals surface area contributed by atoms with E-state index in [0.29, 0.717) is 18.8 Å². The Morgan fingerprint density at radius 2 is 1.86 bits per heavy atom. The van der Waals surface area contributed by atoms with Crippen LogP contribution in [0, 0.1) is 5.82 Å². The van der Waals surface area contributed by atoms with E-state index in [9.17, 15) is 14.0 Å². The average molecular weight is 313 g/mol. The van der Waals surface area contributed by atoms with Crippen molar-refractivity contribution in [1.82, 2.24) is 5.32 Å². The lowest BCUT2D eigenvalue weighted by molar-refractivity contribution is -0.138. The molecule has 22 heavy (non-hydrogen) atoms. The van der Waals surface area contributed by atoms with E-state index < -0.39 is 23.7 Å². The molecule has 0 spiro atoms. The number of ether oxygens (including phenoxy) is 2. The van der Waals surface area contributed by atoms with Crippen LogP contribution in [0.2, 0.25) is 0 Å². The van der Waals surface area contributed by atoms with E-state index >= 15 is 0 Å². The Kier molecular flexibility index (Phi) is 8.09. The summed E-state index contributed by atoms with van der Waals surface area (Å²) in [5.74, 6) is -1.93. The fourth-order valence-electron chi connectivity index (χ4n) is 1.78. The van der Waals surface area contributed by atoms with E-state index in [1.54, 1.807) is 0 Å². The second-order valence-electron chi connectivity index (χ2n) is 4.52. The molecule has 1 aromatic carbocycles. The number of hydrogen-bond donors (Lipinski definition) is 2. The SMILES string of the molecule is CCOCCOCC(=O)NC(CC(=O)O)c1ccc(F)cc1. The first-order valence-electron chi connectivity index (χ1n) is 6.95. The van der Waals surface area contributed by atoms with Crippen LogP contribution in [-0.4, -0.2) is 43.4 Å². The standard InChI is InChI=1S/C15H20FNO5/c1-2-21-7-8-22-10-14(18)17-13(9-15(19)20)11-3-5-12(16)6-4-11/h3-6,13H,2,7-10H2,1H3,(H,17,18)(H,19,20). The van der Waals surface area contributed by atoms with E-state index in [4.69, 9.17) is 14.6 Å². The van der Waals surface area contributed by atoms with Crippen molar-refractivity contribution in [3.8, 4) is 0 Å². The number of carboxylic acid groups (broad SMARTS) is 1. The molecule has 0 aromatic heterocycles. The van der Waals surface area contributed by atoms with Gasteiger partial charge in [-0.25, -0.2) is 4.39 Å². The Morgan fingerprint density at radius 1 is 1.23 bits per heavy atom. The molecular weight excluding hydrogens is 293 g/mol. The number of amides is 1. The molecule has 7 heteroatoms. The molecule has 0 fully saturated rings. The molecule has 122 valence electrons. The molecule has 1 aromatic rings. The second-order valence-corrected chi connectivity index (χ2v) is 4.52. The lowest BCUT2D eigenvalue weighted by atomic mass is 10.0. The van der Waals surface area contributed by atoms with Gasteiger partial charge in [0.25, 0.3) is 0 Å². The van der Waals surface area contributed by atoms with Crippen molar-refractivity contribution in [3.63, 3.8) is 0 Å². The first-order chi connectivity index (χ1) is 10.5. The van der Waals surface area contributed by atoms with Crippen LogP contribution in [0.3, 0.4) is 0 Å². The molecule has 1 atom stereocenters. The summed E-state index contributed by atoms with van der Waals surface area (Å²) >= 11 is 0. The number of halogens is 1. The van der Waals surface area contributed by atoms with E-state index in [1.165, 1.54) is 24.3 Å². The minimum atomic E-state index is -1.06.